The van der Waals surface area contributed by atoms with Crippen molar-refractivity contribution in [1.82, 2.24) is 10.3 Å². The number of nitrogens with one attached hydrogen (secondary N) is 1. The highest BCUT2D eigenvalue weighted by Gasteiger charge is 2.07. The molecule has 1 aromatic carbocycles. The normalized spacial score (nSPS) is 10.4. The Bertz CT molecular complexity index is 543. The standard InChI is InChI=1S/C14H15FN2O/c1-10-13(4-3-7-17-10)18-14-6-5-11(9-16-2)8-12(14)15/h3-8,16H,9H2,1-2H3. The maximum Gasteiger partial charge on any atom is 0.166 e. The predicted octanol–water partition coefficient (Wildman–Crippen LogP) is 3.04. The van der Waals surface area contributed by atoms with Gasteiger partial charge in [0.1, 0.15) is 5.75 Å². The van der Waals surface area contributed by atoms with Gasteiger partial charge in [0.15, 0.2) is 11.6 Å². The Balaban J connectivity index is 2.22. The predicted molar refractivity (Wildman–Crippen MR) is 68.2 cm³/mol. The maximum atomic E-state index is 13.8. The summed E-state index contributed by atoms with van der Waals surface area (Å²) in [6, 6.07) is 8.46. The number of aromatic nitrogens is 1. The van der Waals surface area contributed by atoms with E-state index in [0.29, 0.717) is 12.3 Å². The zero-order valence-corrected chi connectivity index (χ0v) is 10.4. The van der Waals surface area contributed by atoms with E-state index >= 15 is 0 Å². The molecule has 0 radical (unpaired) electrons. The van der Waals surface area contributed by atoms with Crippen molar-refractivity contribution in [3.63, 3.8) is 0 Å². The molecule has 0 bridgehead atoms. The fraction of sp³-hybridized carbons (Fsp3) is 0.214. The van der Waals surface area contributed by atoms with E-state index in [1.165, 1.54) is 6.07 Å². The van der Waals surface area contributed by atoms with Crippen LogP contribution in [0.2, 0.25) is 0 Å². The van der Waals surface area contributed by atoms with Crippen LogP contribution in [-0.2, 0) is 6.54 Å². The van der Waals surface area contributed by atoms with Crippen molar-refractivity contribution in [2.24, 2.45) is 0 Å². The third-order valence-electron chi connectivity index (χ3n) is 2.56. The summed E-state index contributed by atoms with van der Waals surface area (Å²) in [5.74, 6) is 0.412. The molecule has 0 aliphatic heterocycles. The number of hydrogen-bond acceptors (Lipinski definition) is 3. The van der Waals surface area contributed by atoms with E-state index in [9.17, 15) is 4.39 Å². The molecule has 3 nitrogen and oxygen atoms in total. The summed E-state index contributed by atoms with van der Waals surface area (Å²) in [6.07, 6.45) is 1.68. The lowest BCUT2D eigenvalue weighted by molar-refractivity contribution is 0.436. The topological polar surface area (TPSA) is 34.1 Å². The van der Waals surface area contributed by atoms with E-state index in [0.717, 1.165) is 11.3 Å². The molecule has 0 saturated heterocycles. The monoisotopic (exact) mass is 246 g/mol. The first-order chi connectivity index (χ1) is 8.70. The summed E-state index contributed by atoms with van der Waals surface area (Å²) in [5, 5.41) is 2.97. The molecule has 0 aliphatic rings. The van der Waals surface area contributed by atoms with Crippen molar-refractivity contribution in [2.45, 2.75) is 13.5 Å². The van der Waals surface area contributed by atoms with Crippen molar-refractivity contribution in [3.8, 4) is 11.5 Å². The Morgan fingerprint density at radius 2 is 2.11 bits per heavy atom. The lowest BCUT2D eigenvalue weighted by Gasteiger charge is -2.09. The molecule has 1 N–H and O–H groups in total. The minimum atomic E-state index is -0.369. The van der Waals surface area contributed by atoms with Gasteiger partial charge in [0.25, 0.3) is 0 Å². The molecule has 4 heteroatoms. The number of rotatable bonds is 4. The molecule has 94 valence electrons. The molecule has 2 rings (SSSR count). The second-order valence-electron chi connectivity index (χ2n) is 3.98. The van der Waals surface area contributed by atoms with Crippen molar-refractivity contribution < 1.29 is 9.13 Å². The van der Waals surface area contributed by atoms with Gasteiger partial charge in [-0.1, -0.05) is 6.07 Å². The van der Waals surface area contributed by atoms with Gasteiger partial charge >= 0.3 is 0 Å². The van der Waals surface area contributed by atoms with Crippen molar-refractivity contribution in [1.29, 1.82) is 0 Å². The Morgan fingerprint density at radius 3 is 2.78 bits per heavy atom. The first-order valence-electron chi connectivity index (χ1n) is 5.73. The Morgan fingerprint density at radius 1 is 1.28 bits per heavy atom. The average molecular weight is 246 g/mol. The zero-order chi connectivity index (χ0) is 13.0. The van der Waals surface area contributed by atoms with Crippen LogP contribution in [-0.4, -0.2) is 12.0 Å². The zero-order valence-electron chi connectivity index (χ0n) is 10.4. The van der Waals surface area contributed by atoms with E-state index in [-0.39, 0.29) is 11.6 Å². The highest BCUT2D eigenvalue weighted by atomic mass is 19.1. The van der Waals surface area contributed by atoms with Gasteiger partial charge in [-0.15, -0.1) is 0 Å². The van der Waals surface area contributed by atoms with Crippen LogP contribution >= 0.6 is 0 Å². The van der Waals surface area contributed by atoms with Crippen LogP contribution in [0.3, 0.4) is 0 Å². The van der Waals surface area contributed by atoms with Crippen LogP contribution < -0.4 is 10.1 Å². The SMILES string of the molecule is CNCc1ccc(Oc2cccnc2C)c(F)c1. The minimum Gasteiger partial charge on any atom is -0.452 e. The van der Waals surface area contributed by atoms with E-state index in [2.05, 4.69) is 10.3 Å². The second kappa shape index (κ2) is 5.60. The van der Waals surface area contributed by atoms with Gasteiger partial charge in [0.05, 0.1) is 5.69 Å². The smallest absolute Gasteiger partial charge is 0.166 e. The Hall–Kier alpha value is -1.94. The molecular formula is C14H15FN2O. The number of pyridine rings is 1. The third kappa shape index (κ3) is 2.84. The maximum absolute atomic E-state index is 13.8. The van der Waals surface area contributed by atoms with Crippen molar-refractivity contribution in [3.05, 3.63) is 53.6 Å². The van der Waals surface area contributed by atoms with Gasteiger partial charge in [0.2, 0.25) is 0 Å². The largest absolute Gasteiger partial charge is 0.452 e. The number of benzene rings is 1. The molecule has 1 heterocycles. The van der Waals surface area contributed by atoms with Crippen LogP contribution in [0.1, 0.15) is 11.3 Å². The van der Waals surface area contributed by atoms with Crippen LogP contribution in [0.4, 0.5) is 4.39 Å². The third-order valence-corrected chi connectivity index (χ3v) is 2.56. The number of aryl methyl sites for hydroxylation is 1. The molecule has 0 atom stereocenters. The van der Waals surface area contributed by atoms with E-state index in [1.54, 1.807) is 24.4 Å². The number of nitrogens with zero attached hydrogens (tertiary/aromatic N) is 1. The van der Waals surface area contributed by atoms with E-state index < -0.39 is 0 Å². The van der Waals surface area contributed by atoms with Gasteiger partial charge < -0.3 is 10.1 Å². The molecule has 18 heavy (non-hydrogen) atoms. The summed E-state index contributed by atoms with van der Waals surface area (Å²) in [7, 11) is 1.82. The van der Waals surface area contributed by atoms with Crippen LogP contribution in [0.15, 0.2) is 36.5 Å². The highest BCUT2D eigenvalue weighted by molar-refractivity contribution is 5.35. The Kier molecular flexibility index (Phi) is 3.89. The molecule has 1 aromatic heterocycles. The van der Waals surface area contributed by atoms with E-state index in [4.69, 9.17) is 4.74 Å². The second-order valence-corrected chi connectivity index (χ2v) is 3.98. The summed E-state index contributed by atoms with van der Waals surface area (Å²) >= 11 is 0. The van der Waals surface area contributed by atoms with Gasteiger partial charge in [-0.05, 0) is 43.8 Å². The Labute approximate surface area is 106 Å². The lowest BCUT2D eigenvalue weighted by atomic mass is 10.2. The van der Waals surface area contributed by atoms with Crippen LogP contribution in [0, 0.1) is 12.7 Å². The van der Waals surface area contributed by atoms with Gasteiger partial charge in [-0.25, -0.2) is 4.39 Å². The van der Waals surface area contributed by atoms with Gasteiger partial charge in [-0.2, -0.15) is 0 Å². The van der Waals surface area contributed by atoms with Crippen LogP contribution in [0.5, 0.6) is 11.5 Å². The molecule has 0 unspecified atom stereocenters. The molecule has 2 aromatic rings. The number of ether oxygens (including phenoxy) is 1. The summed E-state index contributed by atoms with van der Waals surface area (Å²) in [6.45, 7) is 2.45. The van der Waals surface area contributed by atoms with E-state index in [1.807, 2.05) is 20.0 Å². The molecular weight excluding hydrogens is 231 g/mol. The quantitative estimate of drug-likeness (QED) is 0.900. The first-order valence-corrected chi connectivity index (χ1v) is 5.73. The molecule has 0 saturated carbocycles. The minimum absolute atomic E-state index is 0.214. The van der Waals surface area contributed by atoms with Crippen LogP contribution in [0.25, 0.3) is 0 Å². The fourth-order valence-electron chi connectivity index (χ4n) is 1.64. The summed E-state index contributed by atoms with van der Waals surface area (Å²) in [4.78, 5) is 4.09. The summed E-state index contributed by atoms with van der Waals surface area (Å²) < 4.78 is 19.3. The van der Waals surface area contributed by atoms with Gasteiger partial charge in [-0.3, -0.25) is 4.98 Å². The van der Waals surface area contributed by atoms with Gasteiger partial charge in [0, 0.05) is 12.7 Å². The fourth-order valence-corrected chi connectivity index (χ4v) is 1.64. The molecule has 0 aliphatic carbocycles. The molecule has 0 spiro atoms. The number of halogens is 1. The van der Waals surface area contributed by atoms with Crippen molar-refractivity contribution in [2.75, 3.05) is 7.05 Å². The number of hydrogen-bond donors (Lipinski definition) is 1. The molecule has 0 fully saturated rings. The summed E-state index contributed by atoms with van der Waals surface area (Å²) in [5.41, 5.74) is 1.61. The lowest BCUT2D eigenvalue weighted by Crippen LogP contribution is -2.05. The first kappa shape index (κ1) is 12.5. The molecule has 0 amide bonds. The highest BCUT2D eigenvalue weighted by Crippen LogP contribution is 2.26. The average Bonchev–Trinajstić information content (AvgIpc) is 2.35. The van der Waals surface area contributed by atoms with Crippen molar-refractivity contribution >= 4 is 0 Å².